The standard InChI is InChI=1S/C21H28N2O6S/c1-16-6-9-18(10-7-16)30(25,26)23(15-21(24)22-12-5-13-27-2)19-14-17(28-3)8-11-20(19)29-4/h6-11,14H,5,12-13,15H2,1-4H3,(H,22,24). The van der Waals surface area contributed by atoms with Crippen LogP contribution < -0.4 is 19.1 Å². The van der Waals surface area contributed by atoms with Crippen molar-refractivity contribution in [2.45, 2.75) is 18.2 Å². The molecule has 164 valence electrons. The van der Waals surface area contributed by atoms with E-state index in [2.05, 4.69) is 5.32 Å². The number of rotatable bonds is 11. The van der Waals surface area contributed by atoms with Crippen LogP contribution in [0.15, 0.2) is 47.4 Å². The van der Waals surface area contributed by atoms with Gasteiger partial charge in [0.25, 0.3) is 10.0 Å². The predicted molar refractivity (Wildman–Crippen MR) is 115 cm³/mol. The SMILES string of the molecule is COCCCNC(=O)CN(c1cc(OC)ccc1OC)S(=O)(=O)c1ccc(C)cc1. The molecule has 2 aromatic rings. The van der Waals surface area contributed by atoms with Crippen molar-refractivity contribution in [1.82, 2.24) is 5.32 Å². The minimum absolute atomic E-state index is 0.0742. The van der Waals surface area contributed by atoms with Crippen LogP contribution in [0.2, 0.25) is 0 Å². The Kier molecular flexibility index (Phi) is 8.49. The van der Waals surface area contributed by atoms with Gasteiger partial charge in [-0.15, -0.1) is 0 Å². The summed E-state index contributed by atoms with van der Waals surface area (Å²) in [7, 11) is 0.446. The Hall–Kier alpha value is -2.78. The van der Waals surface area contributed by atoms with Gasteiger partial charge in [0.2, 0.25) is 5.91 Å². The fourth-order valence-corrected chi connectivity index (χ4v) is 4.18. The minimum atomic E-state index is -4.05. The zero-order valence-electron chi connectivity index (χ0n) is 17.7. The molecular formula is C21H28N2O6S. The molecule has 0 fully saturated rings. The number of benzene rings is 2. The van der Waals surface area contributed by atoms with Crippen LogP contribution in [-0.4, -0.2) is 55.4 Å². The summed E-state index contributed by atoms with van der Waals surface area (Å²) < 4.78 is 43.5. The van der Waals surface area contributed by atoms with E-state index in [4.69, 9.17) is 14.2 Å². The molecule has 0 aromatic heterocycles. The second-order valence-corrected chi connectivity index (χ2v) is 8.42. The Morgan fingerprint density at radius 1 is 1.03 bits per heavy atom. The summed E-state index contributed by atoms with van der Waals surface area (Å²) in [4.78, 5) is 12.6. The van der Waals surface area contributed by atoms with Crippen molar-refractivity contribution >= 4 is 21.6 Å². The van der Waals surface area contributed by atoms with Crippen molar-refractivity contribution in [3.63, 3.8) is 0 Å². The number of methoxy groups -OCH3 is 3. The van der Waals surface area contributed by atoms with E-state index in [1.165, 1.54) is 32.4 Å². The number of hydrogen-bond acceptors (Lipinski definition) is 6. The van der Waals surface area contributed by atoms with Crippen LogP contribution in [0.1, 0.15) is 12.0 Å². The molecule has 0 heterocycles. The molecule has 0 radical (unpaired) electrons. The first kappa shape index (κ1) is 23.5. The van der Waals surface area contributed by atoms with Crippen molar-refractivity contribution in [1.29, 1.82) is 0 Å². The normalized spacial score (nSPS) is 11.1. The van der Waals surface area contributed by atoms with Gasteiger partial charge in [-0.25, -0.2) is 8.42 Å². The van der Waals surface area contributed by atoms with Gasteiger partial charge in [-0.3, -0.25) is 9.10 Å². The fraction of sp³-hybridized carbons (Fsp3) is 0.381. The quantitative estimate of drug-likeness (QED) is 0.544. The zero-order chi connectivity index (χ0) is 22.1. The first-order chi connectivity index (χ1) is 14.3. The molecule has 0 aliphatic heterocycles. The monoisotopic (exact) mass is 436 g/mol. The van der Waals surface area contributed by atoms with Crippen molar-refractivity contribution in [2.24, 2.45) is 0 Å². The highest BCUT2D eigenvalue weighted by molar-refractivity contribution is 7.92. The van der Waals surface area contributed by atoms with E-state index in [0.717, 1.165) is 9.87 Å². The van der Waals surface area contributed by atoms with Crippen LogP contribution >= 0.6 is 0 Å². The number of nitrogens with zero attached hydrogens (tertiary/aromatic N) is 1. The highest BCUT2D eigenvalue weighted by Gasteiger charge is 2.29. The molecular weight excluding hydrogens is 408 g/mol. The third kappa shape index (κ3) is 5.87. The molecule has 0 saturated carbocycles. The molecule has 2 rings (SSSR count). The Balaban J connectivity index is 2.45. The Morgan fingerprint density at radius 3 is 2.33 bits per heavy atom. The molecule has 0 unspecified atom stereocenters. The summed E-state index contributed by atoms with van der Waals surface area (Å²) in [6, 6.07) is 11.2. The van der Waals surface area contributed by atoms with Crippen molar-refractivity contribution in [3.8, 4) is 11.5 Å². The lowest BCUT2D eigenvalue weighted by atomic mass is 10.2. The molecule has 30 heavy (non-hydrogen) atoms. The molecule has 0 spiro atoms. The number of aryl methyl sites for hydroxylation is 1. The molecule has 0 atom stereocenters. The van der Waals surface area contributed by atoms with E-state index in [-0.39, 0.29) is 10.6 Å². The second kappa shape index (κ2) is 10.8. The molecule has 0 aliphatic carbocycles. The molecule has 0 aliphatic rings. The van der Waals surface area contributed by atoms with Crippen LogP contribution in [0, 0.1) is 6.92 Å². The van der Waals surface area contributed by atoms with Gasteiger partial charge in [0, 0.05) is 26.3 Å². The van der Waals surface area contributed by atoms with Gasteiger partial charge in [-0.2, -0.15) is 0 Å². The van der Waals surface area contributed by atoms with Gasteiger partial charge >= 0.3 is 0 Å². The third-order valence-electron chi connectivity index (χ3n) is 4.40. The van der Waals surface area contributed by atoms with Gasteiger partial charge < -0.3 is 19.5 Å². The van der Waals surface area contributed by atoms with Crippen molar-refractivity contribution in [2.75, 3.05) is 45.3 Å². The summed E-state index contributed by atoms with van der Waals surface area (Å²) in [5.41, 5.74) is 1.14. The molecule has 0 bridgehead atoms. The third-order valence-corrected chi connectivity index (χ3v) is 6.17. The van der Waals surface area contributed by atoms with Gasteiger partial charge in [0.15, 0.2) is 0 Å². The number of ether oxygens (including phenoxy) is 3. The van der Waals surface area contributed by atoms with E-state index in [9.17, 15) is 13.2 Å². The minimum Gasteiger partial charge on any atom is -0.497 e. The van der Waals surface area contributed by atoms with E-state index in [1.54, 1.807) is 31.4 Å². The molecule has 1 N–H and O–H groups in total. The Morgan fingerprint density at radius 2 is 1.73 bits per heavy atom. The molecule has 2 aromatic carbocycles. The Labute approximate surface area is 177 Å². The van der Waals surface area contributed by atoms with Crippen molar-refractivity contribution in [3.05, 3.63) is 48.0 Å². The van der Waals surface area contributed by atoms with E-state index >= 15 is 0 Å². The number of amides is 1. The number of anilines is 1. The first-order valence-electron chi connectivity index (χ1n) is 9.40. The van der Waals surface area contributed by atoms with Crippen LogP contribution in [-0.2, 0) is 19.6 Å². The second-order valence-electron chi connectivity index (χ2n) is 6.56. The maximum atomic E-state index is 13.5. The number of carbonyl (C=O) groups is 1. The summed E-state index contributed by atoms with van der Waals surface area (Å²) in [5.74, 6) is 0.306. The summed E-state index contributed by atoms with van der Waals surface area (Å²) in [6.07, 6.45) is 0.620. The van der Waals surface area contributed by atoms with E-state index in [0.29, 0.717) is 31.1 Å². The first-order valence-corrected chi connectivity index (χ1v) is 10.8. The predicted octanol–water partition coefficient (Wildman–Crippen LogP) is 2.36. The van der Waals surface area contributed by atoms with E-state index in [1.807, 2.05) is 6.92 Å². The molecule has 1 amide bonds. The number of nitrogens with one attached hydrogen (secondary N) is 1. The van der Waals surface area contributed by atoms with Crippen LogP contribution in [0.25, 0.3) is 0 Å². The lowest BCUT2D eigenvalue weighted by molar-refractivity contribution is -0.119. The van der Waals surface area contributed by atoms with Gasteiger partial charge in [0.1, 0.15) is 18.0 Å². The highest BCUT2D eigenvalue weighted by atomic mass is 32.2. The lowest BCUT2D eigenvalue weighted by Crippen LogP contribution is -2.41. The molecule has 0 saturated heterocycles. The maximum Gasteiger partial charge on any atom is 0.264 e. The number of hydrogen-bond donors (Lipinski definition) is 1. The average molecular weight is 437 g/mol. The zero-order valence-corrected chi connectivity index (χ0v) is 18.5. The lowest BCUT2D eigenvalue weighted by Gasteiger charge is -2.26. The van der Waals surface area contributed by atoms with Gasteiger partial charge in [-0.05, 0) is 37.6 Å². The summed E-state index contributed by atoms with van der Waals surface area (Å²) in [6.45, 7) is 2.33. The van der Waals surface area contributed by atoms with Crippen LogP contribution in [0.4, 0.5) is 5.69 Å². The smallest absolute Gasteiger partial charge is 0.264 e. The topological polar surface area (TPSA) is 94.2 Å². The highest BCUT2D eigenvalue weighted by Crippen LogP contribution is 2.35. The fourth-order valence-electron chi connectivity index (χ4n) is 2.76. The van der Waals surface area contributed by atoms with Gasteiger partial charge in [0.05, 0.1) is 24.8 Å². The van der Waals surface area contributed by atoms with E-state index < -0.39 is 22.5 Å². The summed E-state index contributed by atoms with van der Waals surface area (Å²) in [5, 5.41) is 2.72. The average Bonchev–Trinajstić information content (AvgIpc) is 2.74. The largest absolute Gasteiger partial charge is 0.497 e. The molecule has 9 heteroatoms. The molecule has 8 nitrogen and oxygen atoms in total. The number of carbonyl (C=O) groups excluding carboxylic acids is 1. The Bertz CT molecular complexity index is 944. The summed E-state index contributed by atoms with van der Waals surface area (Å²) >= 11 is 0. The van der Waals surface area contributed by atoms with Crippen LogP contribution in [0.3, 0.4) is 0 Å². The van der Waals surface area contributed by atoms with Crippen LogP contribution in [0.5, 0.6) is 11.5 Å². The maximum absolute atomic E-state index is 13.5. The van der Waals surface area contributed by atoms with Gasteiger partial charge in [-0.1, -0.05) is 17.7 Å². The van der Waals surface area contributed by atoms with Crippen molar-refractivity contribution < 1.29 is 27.4 Å². The number of sulfonamides is 1.